The van der Waals surface area contributed by atoms with Gasteiger partial charge in [0.2, 0.25) is 5.91 Å². The maximum Gasteiger partial charge on any atom is 0.227 e. The highest BCUT2D eigenvalue weighted by atomic mass is 79.9. The van der Waals surface area contributed by atoms with E-state index < -0.39 is 0 Å². The molecular weight excluding hydrogens is 308 g/mol. The summed E-state index contributed by atoms with van der Waals surface area (Å²) < 4.78 is 0.707. The molecule has 2 rings (SSSR count). The van der Waals surface area contributed by atoms with Gasteiger partial charge >= 0.3 is 0 Å². The monoisotopic (exact) mass is 326 g/mol. The standard InChI is InChI=1S/C14H19BrN2O2/c1-14(13(19)16-2)5-6-17(9-14)8-10-3-4-12(18)11(15)7-10/h3-4,7,18H,5-6,8-9H2,1-2H3,(H,16,19). The van der Waals surface area contributed by atoms with E-state index in [4.69, 9.17) is 0 Å². The maximum atomic E-state index is 11.9. The molecule has 1 amide bonds. The molecule has 1 aromatic rings. The minimum Gasteiger partial charge on any atom is -0.507 e. The minimum atomic E-state index is -0.289. The normalized spacial score (nSPS) is 23.5. The Hall–Kier alpha value is -1.07. The van der Waals surface area contributed by atoms with Crippen molar-refractivity contribution in [2.24, 2.45) is 5.41 Å². The Bertz CT molecular complexity index is 492. The van der Waals surface area contributed by atoms with Crippen molar-refractivity contribution in [2.75, 3.05) is 20.1 Å². The molecule has 0 spiro atoms. The van der Waals surface area contributed by atoms with E-state index >= 15 is 0 Å². The molecule has 1 saturated heterocycles. The van der Waals surface area contributed by atoms with Gasteiger partial charge in [0.1, 0.15) is 5.75 Å². The van der Waals surface area contributed by atoms with Gasteiger partial charge in [0.15, 0.2) is 0 Å². The fourth-order valence-corrected chi connectivity index (χ4v) is 3.01. The topological polar surface area (TPSA) is 52.6 Å². The third-order valence-corrected chi connectivity index (χ3v) is 4.38. The molecule has 0 aliphatic carbocycles. The number of phenols is 1. The predicted octanol–water partition coefficient (Wildman–Crippen LogP) is 2.11. The number of nitrogens with zero attached hydrogens (tertiary/aromatic N) is 1. The van der Waals surface area contributed by atoms with Crippen LogP contribution in [0.4, 0.5) is 0 Å². The molecule has 19 heavy (non-hydrogen) atoms. The molecule has 1 atom stereocenters. The number of hydrogen-bond acceptors (Lipinski definition) is 3. The molecule has 0 aromatic heterocycles. The summed E-state index contributed by atoms with van der Waals surface area (Å²) >= 11 is 3.32. The van der Waals surface area contributed by atoms with Gasteiger partial charge in [-0.1, -0.05) is 6.07 Å². The van der Waals surface area contributed by atoms with Gasteiger partial charge in [0.05, 0.1) is 9.89 Å². The summed E-state index contributed by atoms with van der Waals surface area (Å²) in [7, 11) is 1.69. The van der Waals surface area contributed by atoms with Gasteiger partial charge in [-0.2, -0.15) is 0 Å². The van der Waals surface area contributed by atoms with Crippen LogP contribution in [0.25, 0.3) is 0 Å². The second-order valence-corrected chi connectivity index (χ2v) is 6.24. The van der Waals surface area contributed by atoms with E-state index in [9.17, 15) is 9.90 Å². The third kappa shape index (κ3) is 3.09. The summed E-state index contributed by atoms with van der Waals surface area (Å²) in [6, 6.07) is 5.52. The van der Waals surface area contributed by atoms with E-state index in [1.54, 1.807) is 13.1 Å². The Morgan fingerprint density at radius 3 is 2.95 bits per heavy atom. The van der Waals surface area contributed by atoms with E-state index in [1.165, 1.54) is 0 Å². The molecule has 1 heterocycles. The van der Waals surface area contributed by atoms with Crippen LogP contribution in [0.5, 0.6) is 5.75 Å². The lowest BCUT2D eigenvalue weighted by atomic mass is 9.89. The summed E-state index contributed by atoms with van der Waals surface area (Å²) in [6.07, 6.45) is 0.881. The van der Waals surface area contributed by atoms with Gasteiger partial charge in [0, 0.05) is 20.1 Å². The van der Waals surface area contributed by atoms with Gasteiger partial charge in [-0.05, 0) is 53.5 Å². The molecule has 0 radical (unpaired) electrons. The number of amides is 1. The third-order valence-electron chi connectivity index (χ3n) is 3.75. The zero-order valence-electron chi connectivity index (χ0n) is 11.2. The van der Waals surface area contributed by atoms with Gasteiger partial charge in [-0.3, -0.25) is 9.69 Å². The molecule has 2 N–H and O–H groups in total. The van der Waals surface area contributed by atoms with Crippen LogP contribution in [-0.2, 0) is 11.3 Å². The predicted molar refractivity (Wildman–Crippen MR) is 77.9 cm³/mol. The molecule has 5 heteroatoms. The van der Waals surface area contributed by atoms with Crippen LogP contribution >= 0.6 is 15.9 Å². The molecule has 1 fully saturated rings. The highest BCUT2D eigenvalue weighted by Crippen LogP contribution is 2.32. The molecule has 4 nitrogen and oxygen atoms in total. The quantitative estimate of drug-likeness (QED) is 0.894. The van der Waals surface area contributed by atoms with Gasteiger partial charge in [-0.25, -0.2) is 0 Å². The summed E-state index contributed by atoms with van der Waals surface area (Å²) in [4.78, 5) is 14.1. The lowest BCUT2D eigenvalue weighted by Gasteiger charge is -2.22. The molecule has 104 valence electrons. The van der Waals surface area contributed by atoms with Crippen molar-refractivity contribution in [1.82, 2.24) is 10.2 Å². The molecule has 1 aliphatic rings. The largest absolute Gasteiger partial charge is 0.507 e. The number of phenolic OH excluding ortho intramolecular Hbond substituents is 1. The Morgan fingerprint density at radius 1 is 1.58 bits per heavy atom. The number of aromatic hydroxyl groups is 1. The van der Waals surface area contributed by atoms with Gasteiger partial charge in [0.25, 0.3) is 0 Å². The van der Waals surface area contributed by atoms with Crippen molar-refractivity contribution < 1.29 is 9.90 Å². The number of carbonyl (C=O) groups excluding carboxylic acids is 1. The second kappa shape index (κ2) is 5.51. The van der Waals surface area contributed by atoms with E-state index in [2.05, 4.69) is 26.1 Å². The average Bonchev–Trinajstić information content (AvgIpc) is 2.76. The SMILES string of the molecule is CNC(=O)C1(C)CCN(Cc2ccc(O)c(Br)c2)C1. The first-order chi connectivity index (χ1) is 8.94. The average molecular weight is 327 g/mol. The molecule has 1 aromatic carbocycles. The highest BCUT2D eigenvalue weighted by molar-refractivity contribution is 9.10. The van der Waals surface area contributed by atoms with Crippen LogP contribution in [0.2, 0.25) is 0 Å². The number of likely N-dealkylation sites (tertiary alicyclic amines) is 1. The van der Waals surface area contributed by atoms with Crippen LogP contribution in [0.15, 0.2) is 22.7 Å². The van der Waals surface area contributed by atoms with E-state index in [0.29, 0.717) is 4.47 Å². The fourth-order valence-electron chi connectivity index (χ4n) is 2.59. The Balaban J connectivity index is 2.02. The Morgan fingerprint density at radius 2 is 2.32 bits per heavy atom. The van der Waals surface area contributed by atoms with Crippen molar-refractivity contribution in [3.8, 4) is 5.75 Å². The van der Waals surface area contributed by atoms with Crippen LogP contribution < -0.4 is 5.32 Å². The van der Waals surface area contributed by atoms with Gasteiger partial charge in [-0.15, -0.1) is 0 Å². The van der Waals surface area contributed by atoms with Crippen molar-refractivity contribution in [3.05, 3.63) is 28.2 Å². The molecule has 1 aliphatic heterocycles. The van der Waals surface area contributed by atoms with Crippen LogP contribution in [0.1, 0.15) is 18.9 Å². The molecular formula is C14H19BrN2O2. The first-order valence-corrected chi connectivity index (χ1v) is 7.16. The molecule has 0 saturated carbocycles. The molecule has 0 bridgehead atoms. The molecule has 1 unspecified atom stereocenters. The minimum absolute atomic E-state index is 0.113. The lowest BCUT2D eigenvalue weighted by molar-refractivity contribution is -0.129. The van der Waals surface area contributed by atoms with E-state index in [1.807, 2.05) is 19.1 Å². The van der Waals surface area contributed by atoms with Crippen LogP contribution in [0.3, 0.4) is 0 Å². The fraction of sp³-hybridized carbons (Fsp3) is 0.500. The van der Waals surface area contributed by atoms with E-state index in [0.717, 1.165) is 31.6 Å². The van der Waals surface area contributed by atoms with Gasteiger partial charge < -0.3 is 10.4 Å². The number of rotatable bonds is 3. The first-order valence-electron chi connectivity index (χ1n) is 6.36. The Labute approximate surface area is 121 Å². The summed E-state index contributed by atoms with van der Waals surface area (Å²) in [6.45, 7) is 4.50. The maximum absolute atomic E-state index is 11.9. The van der Waals surface area contributed by atoms with Crippen molar-refractivity contribution in [3.63, 3.8) is 0 Å². The lowest BCUT2D eigenvalue weighted by Crippen LogP contribution is -2.39. The number of hydrogen-bond donors (Lipinski definition) is 2. The highest BCUT2D eigenvalue weighted by Gasteiger charge is 2.39. The zero-order valence-corrected chi connectivity index (χ0v) is 12.8. The van der Waals surface area contributed by atoms with Crippen molar-refractivity contribution in [2.45, 2.75) is 19.9 Å². The smallest absolute Gasteiger partial charge is 0.227 e. The number of nitrogens with one attached hydrogen (secondary N) is 1. The summed E-state index contributed by atoms with van der Waals surface area (Å²) in [5.74, 6) is 0.363. The van der Waals surface area contributed by atoms with Crippen LogP contribution in [-0.4, -0.2) is 36.1 Å². The van der Waals surface area contributed by atoms with Crippen molar-refractivity contribution >= 4 is 21.8 Å². The second-order valence-electron chi connectivity index (χ2n) is 5.39. The number of benzene rings is 1. The zero-order chi connectivity index (χ0) is 14.0. The Kier molecular flexibility index (Phi) is 4.16. The van der Waals surface area contributed by atoms with E-state index in [-0.39, 0.29) is 17.1 Å². The summed E-state index contributed by atoms with van der Waals surface area (Å²) in [5.41, 5.74) is 0.842. The number of halogens is 1. The first kappa shape index (κ1) is 14.3. The summed E-state index contributed by atoms with van der Waals surface area (Å²) in [5, 5.41) is 12.2. The van der Waals surface area contributed by atoms with Crippen LogP contribution in [0, 0.1) is 5.41 Å². The number of carbonyl (C=O) groups is 1. The van der Waals surface area contributed by atoms with Crippen molar-refractivity contribution in [1.29, 1.82) is 0 Å².